The van der Waals surface area contributed by atoms with Gasteiger partial charge in [0.25, 0.3) is 0 Å². The molecule has 0 saturated carbocycles. The molecule has 0 aromatic heterocycles. The Balaban J connectivity index is 2.06. The summed E-state index contributed by atoms with van der Waals surface area (Å²) < 4.78 is 5.65. The van der Waals surface area contributed by atoms with Crippen molar-refractivity contribution in [2.75, 3.05) is 12.4 Å². The molecule has 0 aromatic carbocycles. The fourth-order valence-electron chi connectivity index (χ4n) is 2.34. The van der Waals surface area contributed by atoms with Gasteiger partial charge in [-0.3, -0.25) is 10.1 Å². The first-order valence-electron chi connectivity index (χ1n) is 5.21. The van der Waals surface area contributed by atoms with E-state index in [9.17, 15) is 4.79 Å². The van der Waals surface area contributed by atoms with Crippen LogP contribution in [-0.4, -0.2) is 39.9 Å². The Morgan fingerprint density at radius 1 is 1.60 bits per heavy atom. The van der Waals surface area contributed by atoms with Gasteiger partial charge in [-0.25, -0.2) is 0 Å². The highest BCUT2D eigenvalue weighted by Gasteiger charge is 2.47. The summed E-state index contributed by atoms with van der Waals surface area (Å²) in [6.45, 7) is 4.83. The molecule has 0 aromatic rings. The van der Waals surface area contributed by atoms with E-state index < -0.39 is 12.0 Å². The van der Waals surface area contributed by atoms with Crippen LogP contribution in [0, 0.1) is 0 Å². The molecule has 2 rings (SSSR count). The van der Waals surface area contributed by atoms with Crippen LogP contribution in [-0.2, 0) is 9.53 Å². The average Bonchev–Trinajstić information content (AvgIpc) is 2.46. The summed E-state index contributed by atoms with van der Waals surface area (Å²) in [5.74, 6) is -0.0885. The summed E-state index contributed by atoms with van der Waals surface area (Å²) in [6.07, 6.45) is 1.76. The first-order chi connectivity index (χ1) is 6.93. The number of nitrogens with one attached hydrogen (secondary N) is 1. The monoisotopic (exact) mass is 231 g/mol. The van der Waals surface area contributed by atoms with E-state index in [4.69, 9.17) is 9.84 Å². The van der Waals surface area contributed by atoms with E-state index in [1.54, 1.807) is 11.8 Å². The smallest absolute Gasteiger partial charge is 0.321 e. The predicted octanol–water partition coefficient (Wildman–Crippen LogP) is 1.06. The number of hydrogen-bond donors (Lipinski definition) is 2. The van der Waals surface area contributed by atoms with E-state index in [0.717, 1.165) is 12.8 Å². The van der Waals surface area contributed by atoms with Crippen LogP contribution >= 0.6 is 11.8 Å². The van der Waals surface area contributed by atoms with E-state index in [-0.39, 0.29) is 10.5 Å². The molecule has 86 valence electrons. The Kier molecular flexibility index (Phi) is 2.73. The van der Waals surface area contributed by atoms with Gasteiger partial charge < -0.3 is 9.84 Å². The van der Waals surface area contributed by atoms with Crippen LogP contribution in [0.1, 0.15) is 26.7 Å². The summed E-state index contributed by atoms with van der Waals surface area (Å²) in [5, 5.41) is 12.2. The van der Waals surface area contributed by atoms with Gasteiger partial charge in [0.05, 0.1) is 10.5 Å². The number of ether oxygens (including phenoxy) is 1. The molecule has 2 N–H and O–H groups in total. The standard InChI is InChI=1S/C10H17NO3S/c1-9(2)6-10(3-4-14-9)11-7(5-15-10)8(12)13/h7,11H,3-6H2,1-2H3,(H,12,13)/t7-,10?/m1/s1. The van der Waals surface area contributed by atoms with E-state index in [1.165, 1.54) is 0 Å². The van der Waals surface area contributed by atoms with Gasteiger partial charge in [-0.1, -0.05) is 0 Å². The van der Waals surface area contributed by atoms with Crippen LogP contribution in [0.4, 0.5) is 0 Å². The molecule has 2 aliphatic heterocycles. The molecule has 2 saturated heterocycles. The Morgan fingerprint density at radius 3 is 2.87 bits per heavy atom. The van der Waals surface area contributed by atoms with Gasteiger partial charge in [-0.15, -0.1) is 11.8 Å². The molecule has 15 heavy (non-hydrogen) atoms. The van der Waals surface area contributed by atoms with E-state index in [1.807, 2.05) is 0 Å². The topological polar surface area (TPSA) is 58.6 Å². The van der Waals surface area contributed by atoms with Crippen molar-refractivity contribution in [3.05, 3.63) is 0 Å². The Bertz CT molecular complexity index is 282. The predicted molar refractivity (Wildman–Crippen MR) is 59.0 cm³/mol. The SMILES string of the molecule is CC1(C)CC2(CCO1)N[C@@H](C(=O)O)CS2. The van der Waals surface area contributed by atoms with Crippen LogP contribution < -0.4 is 5.32 Å². The fourth-order valence-corrected chi connectivity index (χ4v) is 3.96. The molecule has 1 unspecified atom stereocenters. The minimum Gasteiger partial charge on any atom is -0.480 e. The maximum absolute atomic E-state index is 10.9. The lowest BCUT2D eigenvalue weighted by molar-refractivity contribution is -0.139. The van der Waals surface area contributed by atoms with Crippen LogP contribution in [0.3, 0.4) is 0 Å². The minimum absolute atomic E-state index is 0.0786. The molecule has 1 spiro atoms. The van der Waals surface area contributed by atoms with Crippen LogP contribution in [0.2, 0.25) is 0 Å². The van der Waals surface area contributed by atoms with Gasteiger partial charge in [0.15, 0.2) is 0 Å². The van der Waals surface area contributed by atoms with Gasteiger partial charge in [0.2, 0.25) is 0 Å². The highest BCUT2D eigenvalue weighted by atomic mass is 32.2. The molecule has 2 atom stereocenters. The van der Waals surface area contributed by atoms with Crippen molar-refractivity contribution >= 4 is 17.7 Å². The summed E-state index contributed by atoms with van der Waals surface area (Å²) in [5.41, 5.74) is -0.147. The number of aliphatic carboxylic acids is 1. The summed E-state index contributed by atoms with van der Waals surface area (Å²) in [4.78, 5) is 10.8. The van der Waals surface area contributed by atoms with E-state index in [2.05, 4.69) is 19.2 Å². The van der Waals surface area contributed by atoms with Crippen molar-refractivity contribution in [1.29, 1.82) is 0 Å². The highest BCUT2D eigenvalue weighted by Crippen LogP contribution is 2.43. The molecular formula is C10H17NO3S. The molecule has 0 bridgehead atoms. The lowest BCUT2D eigenvalue weighted by atomic mass is 9.93. The molecule has 5 heteroatoms. The van der Waals surface area contributed by atoms with Gasteiger partial charge in [-0.05, 0) is 20.3 Å². The molecule has 0 radical (unpaired) electrons. The largest absolute Gasteiger partial charge is 0.480 e. The minimum atomic E-state index is -0.747. The maximum Gasteiger partial charge on any atom is 0.321 e. The molecular weight excluding hydrogens is 214 g/mol. The number of thioether (sulfide) groups is 1. The quantitative estimate of drug-likeness (QED) is 0.706. The second-order valence-electron chi connectivity index (χ2n) is 4.88. The third kappa shape index (κ3) is 2.29. The Hall–Kier alpha value is -0.260. The molecule has 2 fully saturated rings. The Morgan fingerprint density at radius 2 is 2.33 bits per heavy atom. The van der Waals surface area contributed by atoms with E-state index >= 15 is 0 Å². The van der Waals surface area contributed by atoms with Crippen molar-refractivity contribution < 1.29 is 14.6 Å². The summed E-state index contributed by atoms with van der Waals surface area (Å²) >= 11 is 1.73. The zero-order chi connectivity index (χ0) is 11.1. The number of carboxylic acid groups (broad SMARTS) is 1. The molecule has 2 aliphatic rings. The second-order valence-corrected chi connectivity index (χ2v) is 6.28. The van der Waals surface area contributed by atoms with Crippen molar-refractivity contribution in [3.63, 3.8) is 0 Å². The first-order valence-corrected chi connectivity index (χ1v) is 6.20. The summed E-state index contributed by atoms with van der Waals surface area (Å²) in [6, 6.07) is -0.399. The zero-order valence-electron chi connectivity index (χ0n) is 9.08. The number of carboxylic acids is 1. The zero-order valence-corrected chi connectivity index (χ0v) is 9.89. The van der Waals surface area contributed by atoms with Crippen LogP contribution in [0.15, 0.2) is 0 Å². The lowest BCUT2D eigenvalue weighted by Gasteiger charge is -2.42. The third-order valence-corrected chi connectivity index (χ3v) is 4.49. The maximum atomic E-state index is 10.9. The third-order valence-electron chi connectivity index (χ3n) is 2.97. The number of rotatable bonds is 1. The van der Waals surface area contributed by atoms with Crippen LogP contribution in [0.5, 0.6) is 0 Å². The van der Waals surface area contributed by atoms with Crippen LogP contribution in [0.25, 0.3) is 0 Å². The fraction of sp³-hybridized carbons (Fsp3) is 0.900. The average molecular weight is 231 g/mol. The first kappa shape index (κ1) is 11.2. The summed E-state index contributed by atoms with van der Waals surface area (Å²) in [7, 11) is 0. The van der Waals surface area contributed by atoms with Gasteiger partial charge >= 0.3 is 5.97 Å². The lowest BCUT2D eigenvalue weighted by Crippen LogP contribution is -2.53. The highest BCUT2D eigenvalue weighted by molar-refractivity contribution is 8.01. The molecule has 0 aliphatic carbocycles. The van der Waals surface area contributed by atoms with Gasteiger partial charge in [0, 0.05) is 18.8 Å². The molecule has 2 heterocycles. The van der Waals surface area contributed by atoms with Gasteiger partial charge in [0.1, 0.15) is 6.04 Å². The van der Waals surface area contributed by atoms with Crippen molar-refractivity contribution in [2.45, 2.75) is 43.2 Å². The Labute approximate surface area is 93.8 Å². The van der Waals surface area contributed by atoms with Gasteiger partial charge in [-0.2, -0.15) is 0 Å². The number of carbonyl (C=O) groups is 1. The van der Waals surface area contributed by atoms with E-state index in [0.29, 0.717) is 12.4 Å². The number of hydrogen-bond acceptors (Lipinski definition) is 4. The van der Waals surface area contributed by atoms with Crippen molar-refractivity contribution in [1.82, 2.24) is 5.32 Å². The van der Waals surface area contributed by atoms with Crippen molar-refractivity contribution in [2.24, 2.45) is 0 Å². The second kappa shape index (κ2) is 3.64. The molecule has 4 nitrogen and oxygen atoms in total. The van der Waals surface area contributed by atoms with Crippen molar-refractivity contribution in [3.8, 4) is 0 Å². The normalized spacial score (nSPS) is 39.5. The molecule has 0 amide bonds.